The van der Waals surface area contributed by atoms with Crippen LogP contribution < -0.4 is 5.32 Å². The first-order valence-electron chi connectivity index (χ1n) is 9.37. The van der Waals surface area contributed by atoms with Crippen molar-refractivity contribution in [3.8, 4) is 0 Å². The Balaban J connectivity index is 1.82. The van der Waals surface area contributed by atoms with Gasteiger partial charge in [0, 0.05) is 10.2 Å². The number of aryl methyl sites for hydroxylation is 1. The van der Waals surface area contributed by atoms with Crippen LogP contribution in [0, 0.1) is 18.8 Å². The number of nitrogens with one attached hydrogen (secondary N) is 1. The van der Waals surface area contributed by atoms with Gasteiger partial charge in [-0.15, -0.1) is 0 Å². The highest BCUT2D eigenvalue weighted by Crippen LogP contribution is 2.39. The summed E-state index contributed by atoms with van der Waals surface area (Å²) in [5.41, 5.74) is 1.73. The molecule has 27 heavy (non-hydrogen) atoms. The number of carbonyl (C=O) groups is 3. The molecule has 3 atom stereocenters. The van der Waals surface area contributed by atoms with E-state index in [-0.39, 0.29) is 29.6 Å². The van der Waals surface area contributed by atoms with E-state index in [1.54, 1.807) is 11.8 Å². The molecule has 2 aliphatic rings. The molecule has 1 saturated carbocycles. The number of nitrogens with zero attached hydrogens (tertiary/aromatic N) is 1. The number of hydrogen-bond acceptors (Lipinski definition) is 4. The van der Waals surface area contributed by atoms with Crippen LogP contribution in [0.1, 0.15) is 37.7 Å². The third-order valence-electron chi connectivity index (χ3n) is 5.52. The second kappa shape index (κ2) is 8.78. The van der Waals surface area contributed by atoms with Gasteiger partial charge in [0.1, 0.15) is 6.04 Å². The summed E-state index contributed by atoms with van der Waals surface area (Å²) in [6.07, 6.45) is 5.90. The quantitative estimate of drug-likeness (QED) is 0.662. The monoisotopic (exact) mass is 452 g/mol. The Labute approximate surface area is 172 Å². The van der Waals surface area contributed by atoms with E-state index < -0.39 is 6.04 Å². The molecule has 3 amide bonds. The van der Waals surface area contributed by atoms with Crippen LogP contribution in [0.15, 0.2) is 22.7 Å². The second-order valence-electron chi connectivity index (χ2n) is 7.29. The number of anilines is 1. The van der Waals surface area contributed by atoms with Crippen molar-refractivity contribution in [2.45, 2.75) is 45.1 Å². The lowest BCUT2D eigenvalue weighted by Gasteiger charge is -2.26. The largest absolute Gasteiger partial charge is 0.324 e. The summed E-state index contributed by atoms with van der Waals surface area (Å²) < 4.78 is 0.903. The molecule has 2 fully saturated rings. The molecule has 1 saturated heterocycles. The maximum absolute atomic E-state index is 13.0. The minimum Gasteiger partial charge on any atom is -0.324 e. The van der Waals surface area contributed by atoms with Crippen molar-refractivity contribution in [3.63, 3.8) is 0 Å². The number of thioether (sulfide) groups is 1. The van der Waals surface area contributed by atoms with Crippen LogP contribution in [0.4, 0.5) is 5.69 Å². The molecule has 1 N–H and O–H groups in total. The molecular formula is C20H25BrN2O3S. The molecular weight excluding hydrogens is 428 g/mol. The first-order chi connectivity index (χ1) is 12.9. The molecule has 1 aliphatic heterocycles. The van der Waals surface area contributed by atoms with Crippen LogP contribution in [0.5, 0.6) is 0 Å². The minimum atomic E-state index is -0.747. The number of amides is 3. The fourth-order valence-electron chi connectivity index (χ4n) is 4.00. The lowest BCUT2D eigenvalue weighted by Crippen LogP contribution is -2.48. The van der Waals surface area contributed by atoms with Gasteiger partial charge in [-0.1, -0.05) is 34.8 Å². The van der Waals surface area contributed by atoms with Crippen LogP contribution in [0.2, 0.25) is 0 Å². The zero-order valence-corrected chi connectivity index (χ0v) is 18.1. The summed E-state index contributed by atoms with van der Waals surface area (Å²) in [5, 5.41) is 2.89. The number of likely N-dealkylation sites (tertiary alicyclic amines) is 1. The normalized spacial score (nSPS) is 23.3. The highest BCUT2D eigenvalue weighted by Gasteiger charge is 2.51. The summed E-state index contributed by atoms with van der Waals surface area (Å²) in [4.78, 5) is 40.1. The molecule has 7 heteroatoms. The Kier molecular flexibility index (Phi) is 6.63. The molecule has 146 valence electrons. The lowest BCUT2D eigenvalue weighted by atomic mass is 9.81. The van der Waals surface area contributed by atoms with Gasteiger partial charge >= 0.3 is 0 Å². The van der Waals surface area contributed by atoms with Crippen LogP contribution in [-0.4, -0.2) is 40.7 Å². The highest BCUT2D eigenvalue weighted by atomic mass is 79.9. The third kappa shape index (κ3) is 4.24. The number of rotatable bonds is 6. The fourth-order valence-corrected chi connectivity index (χ4v) is 4.84. The number of benzene rings is 1. The molecule has 1 heterocycles. The Bertz CT molecular complexity index is 731. The Morgan fingerprint density at radius 1 is 1.26 bits per heavy atom. The van der Waals surface area contributed by atoms with Crippen molar-refractivity contribution in [1.82, 2.24) is 4.90 Å². The summed E-state index contributed by atoms with van der Waals surface area (Å²) in [6, 6.07) is 4.84. The zero-order valence-electron chi connectivity index (χ0n) is 15.7. The highest BCUT2D eigenvalue weighted by molar-refractivity contribution is 9.10. The van der Waals surface area contributed by atoms with Gasteiger partial charge < -0.3 is 5.32 Å². The van der Waals surface area contributed by atoms with E-state index in [1.165, 1.54) is 4.90 Å². The van der Waals surface area contributed by atoms with E-state index in [9.17, 15) is 14.4 Å². The molecule has 1 aromatic carbocycles. The van der Waals surface area contributed by atoms with Gasteiger partial charge in [-0.2, -0.15) is 11.8 Å². The average Bonchev–Trinajstić information content (AvgIpc) is 2.90. The summed E-state index contributed by atoms with van der Waals surface area (Å²) in [6.45, 7) is 1.97. The lowest BCUT2D eigenvalue weighted by molar-refractivity contribution is -0.146. The minimum absolute atomic E-state index is 0.156. The average molecular weight is 453 g/mol. The molecule has 0 aromatic heterocycles. The molecule has 0 radical (unpaired) electrons. The summed E-state index contributed by atoms with van der Waals surface area (Å²) in [5.74, 6) is -0.358. The van der Waals surface area contributed by atoms with Crippen molar-refractivity contribution >= 4 is 51.1 Å². The number of imide groups is 1. The molecule has 0 spiro atoms. The van der Waals surface area contributed by atoms with Crippen molar-refractivity contribution in [1.29, 1.82) is 0 Å². The van der Waals surface area contributed by atoms with Crippen molar-refractivity contribution < 1.29 is 14.4 Å². The number of halogens is 1. The fraction of sp³-hybridized carbons (Fsp3) is 0.550. The predicted molar refractivity (Wildman–Crippen MR) is 112 cm³/mol. The van der Waals surface area contributed by atoms with E-state index in [2.05, 4.69) is 21.2 Å². The van der Waals surface area contributed by atoms with Crippen LogP contribution in [0.25, 0.3) is 0 Å². The number of carbonyl (C=O) groups excluding carboxylic acids is 3. The van der Waals surface area contributed by atoms with E-state index in [4.69, 9.17) is 0 Å². The van der Waals surface area contributed by atoms with Gasteiger partial charge in [0.05, 0.1) is 11.8 Å². The van der Waals surface area contributed by atoms with Gasteiger partial charge in [0.25, 0.3) is 0 Å². The van der Waals surface area contributed by atoms with Crippen molar-refractivity contribution in [2.24, 2.45) is 11.8 Å². The Morgan fingerprint density at radius 3 is 2.44 bits per heavy atom. The SMILES string of the molecule is CSCCC(C(=O)Nc1ccc(C)c(Br)c1)N1C(=O)C2CCCCC2C1=O. The van der Waals surface area contributed by atoms with E-state index in [1.807, 2.05) is 31.4 Å². The van der Waals surface area contributed by atoms with E-state index in [0.29, 0.717) is 17.9 Å². The van der Waals surface area contributed by atoms with Gasteiger partial charge in [0.15, 0.2) is 0 Å². The van der Waals surface area contributed by atoms with E-state index in [0.717, 1.165) is 35.7 Å². The maximum Gasteiger partial charge on any atom is 0.247 e. The van der Waals surface area contributed by atoms with Crippen molar-refractivity contribution in [3.05, 3.63) is 28.2 Å². The Hall–Kier alpha value is -1.34. The van der Waals surface area contributed by atoms with Crippen molar-refractivity contribution in [2.75, 3.05) is 17.3 Å². The molecule has 5 nitrogen and oxygen atoms in total. The molecule has 3 unspecified atom stereocenters. The second-order valence-corrected chi connectivity index (χ2v) is 9.13. The van der Waals surface area contributed by atoms with Gasteiger partial charge in [-0.05, 0) is 55.9 Å². The maximum atomic E-state index is 13.0. The standard InChI is InChI=1S/C20H25BrN2O3S/c1-12-7-8-13(11-16(12)21)22-18(24)17(9-10-27-2)23-19(25)14-5-3-4-6-15(14)20(23)26/h7-8,11,14-15,17H,3-6,9-10H2,1-2H3,(H,22,24). The van der Waals surface area contributed by atoms with E-state index >= 15 is 0 Å². The zero-order chi connectivity index (χ0) is 19.6. The Morgan fingerprint density at radius 2 is 1.89 bits per heavy atom. The van der Waals surface area contributed by atoms with Crippen LogP contribution in [-0.2, 0) is 14.4 Å². The first-order valence-corrected chi connectivity index (χ1v) is 11.6. The first kappa shape index (κ1) is 20.4. The third-order valence-corrected chi connectivity index (χ3v) is 7.02. The van der Waals surface area contributed by atoms with Gasteiger partial charge in [-0.3, -0.25) is 19.3 Å². The topological polar surface area (TPSA) is 66.5 Å². The molecule has 1 aliphatic carbocycles. The van der Waals surface area contributed by atoms with Gasteiger partial charge in [-0.25, -0.2) is 0 Å². The summed E-state index contributed by atoms with van der Waals surface area (Å²) in [7, 11) is 0. The van der Waals surface area contributed by atoms with Gasteiger partial charge in [0.2, 0.25) is 17.7 Å². The molecule has 3 rings (SSSR count). The molecule has 1 aromatic rings. The van der Waals surface area contributed by atoms with Crippen LogP contribution in [0.3, 0.4) is 0 Å². The summed E-state index contributed by atoms with van der Waals surface area (Å²) >= 11 is 5.08. The smallest absolute Gasteiger partial charge is 0.247 e. The number of fused-ring (bicyclic) bond motifs is 1. The number of hydrogen-bond donors (Lipinski definition) is 1. The predicted octanol–water partition coefficient (Wildman–Crippen LogP) is 3.99. The van der Waals surface area contributed by atoms with Crippen LogP contribution >= 0.6 is 27.7 Å². The molecule has 0 bridgehead atoms.